The summed E-state index contributed by atoms with van der Waals surface area (Å²) in [5.74, 6) is 0.507. The van der Waals surface area contributed by atoms with E-state index in [1.807, 2.05) is 25.1 Å². The van der Waals surface area contributed by atoms with E-state index in [9.17, 15) is 4.39 Å². The molecule has 5 heteroatoms. The first-order valence-corrected chi connectivity index (χ1v) is 7.62. The van der Waals surface area contributed by atoms with Crippen molar-refractivity contribution in [3.05, 3.63) is 56.2 Å². The molecule has 2 rings (SSSR count). The molecule has 0 amide bonds. The highest BCUT2D eigenvalue weighted by Gasteiger charge is 2.09. The van der Waals surface area contributed by atoms with Crippen molar-refractivity contribution in [3.63, 3.8) is 0 Å². The van der Waals surface area contributed by atoms with E-state index in [0.29, 0.717) is 12.2 Å². The van der Waals surface area contributed by atoms with E-state index >= 15 is 0 Å². The zero-order valence-corrected chi connectivity index (χ0v) is 14.3. The molecule has 0 saturated heterocycles. The van der Waals surface area contributed by atoms with E-state index in [-0.39, 0.29) is 5.82 Å². The molecule has 0 atom stereocenters. The number of halogens is 3. The summed E-state index contributed by atoms with van der Waals surface area (Å²) >= 11 is 6.91. The van der Waals surface area contributed by atoms with Crippen molar-refractivity contribution in [2.24, 2.45) is 0 Å². The van der Waals surface area contributed by atoms with Crippen molar-refractivity contribution in [2.75, 3.05) is 12.4 Å². The first kappa shape index (κ1) is 15.3. The summed E-state index contributed by atoms with van der Waals surface area (Å²) < 4.78 is 20.7. The summed E-state index contributed by atoms with van der Waals surface area (Å²) in [5, 5.41) is 3.13. The number of aryl methyl sites for hydroxylation is 1. The number of para-hydroxylation sites is 1. The van der Waals surface area contributed by atoms with E-state index in [2.05, 4.69) is 37.2 Å². The van der Waals surface area contributed by atoms with E-state index < -0.39 is 0 Å². The SMILES string of the molecule is COc1c(Br)cc(CNc2c(C)cccc2F)cc1Br. The Balaban J connectivity index is 2.20. The molecule has 0 aromatic heterocycles. The molecule has 0 heterocycles. The Kier molecular flexibility index (Phi) is 5.05. The first-order valence-electron chi connectivity index (χ1n) is 6.04. The molecule has 0 saturated carbocycles. The Morgan fingerprint density at radius 2 is 1.85 bits per heavy atom. The molecule has 0 aliphatic heterocycles. The minimum atomic E-state index is -0.239. The smallest absolute Gasteiger partial charge is 0.147 e. The summed E-state index contributed by atoms with van der Waals surface area (Å²) in [6.45, 7) is 2.41. The predicted octanol–water partition coefficient (Wildman–Crippen LogP) is 5.28. The highest BCUT2D eigenvalue weighted by molar-refractivity contribution is 9.11. The molecule has 2 aromatic carbocycles. The van der Waals surface area contributed by atoms with Gasteiger partial charge in [0.1, 0.15) is 11.6 Å². The Morgan fingerprint density at radius 1 is 1.20 bits per heavy atom. The van der Waals surface area contributed by atoms with Crippen LogP contribution in [0.25, 0.3) is 0 Å². The van der Waals surface area contributed by atoms with Crippen LogP contribution in [0, 0.1) is 12.7 Å². The van der Waals surface area contributed by atoms with Crippen molar-refractivity contribution >= 4 is 37.5 Å². The molecule has 0 radical (unpaired) electrons. The van der Waals surface area contributed by atoms with Gasteiger partial charge in [-0.15, -0.1) is 0 Å². The molecule has 0 aliphatic rings. The second-order valence-electron chi connectivity index (χ2n) is 4.38. The average Bonchev–Trinajstić information content (AvgIpc) is 2.38. The zero-order chi connectivity index (χ0) is 14.7. The fraction of sp³-hybridized carbons (Fsp3) is 0.200. The number of hydrogen-bond acceptors (Lipinski definition) is 2. The number of nitrogens with one attached hydrogen (secondary N) is 1. The lowest BCUT2D eigenvalue weighted by molar-refractivity contribution is 0.409. The van der Waals surface area contributed by atoms with Crippen molar-refractivity contribution < 1.29 is 9.13 Å². The first-order chi connectivity index (χ1) is 9.52. The zero-order valence-electron chi connectivity index (χ0n) is 11.1. The predicted molar refractivity (Wildman–Crippen MR) is 86.9 cm³/mol. The van der Waals surface area contributed by atoms with Gasteiger partial charge in [0, 0.05) is 6.54 Å². The number of ether oxygens (including phenoxy) is 1. The highest BCUT2D eigenvalue weighted by atomic mass is 79.9. The molecule has 0 aliphatic carbocycles. The minimum absolute atomic E-state index is 0.239. The van der Waals surface area contributed by atoms with Crippen molar-refractivity contribution in [3.8, 4) is 5.75 Å². The number of benzene rings is 2. The lowest BCUT2D eigenvalue weighted by atomic mass is 10.1. The molecular formula is C15H14Br2FNO. The Morgan fingerprint density at radius 3 is 2.40 bits per heavy atom. The van der Waals surface area contributed by atoms with Crippen LogP contribution >= 0.6 is 31.9 Å². The number of rotatable bonds is 4. The van der Waals surface area contributed by atoms with Gasteiger partial charge in [0.15, 0.2) is 0 Å². The Labute approximate surface area is 134 Å². The lowest BCUT2D eigenvalue weighted by Gasteiger charge is -2.13. The number of methoxy groups -OCH3 is 1. The molecule has 2 nitrogen and oxygen atoms in total. The summed E-state index contributed by atoms with van der Waals surface area (Å²) in [6.07, 6.45) is 0. The van der Waals surface area contributed by atoms with Crippen LogP contribution in [0.4, 0.5) is 10.1 Å². The van der Waals surface area contributed by atoms with Gasteiger partial charge in [0.05, 0.1) is 21.7 Å². The molecule has 106 valence electrons. The van der Waals surface area contributed by atoms with Crippen LogP contribution in [0.5, 0.6) is 5.75 Å². The van der Waals surface area contributed by atoms with Gasteiger partial charge >= 0.3 is 0 Å². The van der Waals surface area contributed by atoms with Crippen LogP contribution in [-0.4, -0.2) is 7.11 Å². The molecule has 1 N–H and O–H groups in total. The van der Waals surface area contributed by atoms with Crippen LogP contribution in [-0.2, 0) is 6.54 Å². The Hall–Kier alpha value is -1.07. The van der Waals surface area contributed by atoms with Crippen LogP contribution in [0.2, 0.25) is 0 Å². The largest absolute Gasteiger partial charge is 0.494 e. The third-order valence-electron chi connectivity index (χ3n) is 2.95. The summed E-state index contributed by atoms with van der Waals surface area (Å²) in [6, 6.07) is 8.94. The highest BCUT2D eigenvalue weighted by Crippen LogP contribution is 2.34. The standard InChI is InChI=1S/C15H14Br2FNO/c1-9-4-3-5-13(18)14(9)19-8-10-6-11(16)15(20-2)12(17)7-10/h3-7,19H,8H2,1-2H3. The van der Waals surface area contributed by atoms with E-state index in [1.54, 1.807) is 13.2 Å². The lowest BCUT2D eigenvalue weighted by Crippen LogP contribution is -2.03. The van der Waals surface area contributed by atoms with Crippen molar-refractivity contribution in [1.82, 2.24) is 0 Å². The third-order valence-corrected chi connectivity index (χ3v) is 4.13. The van der Waals surface area contributed by atoms with Gasteiger partial charge in [-0.05, 0) is 68.1 Å². The second-order valence-corrected chi connectivity index (χ2v) is 6.09. The van der Waals surface area contributed by atoms with E-state index in [4.69, 9.17) is 4.74 Å². The van der Waals surface area contributed by atoms with Crippen molar-refractivity contribution in [1.29, 1.82) is 0 Å². The Bertz CT molecular complexity index is 588. The molecule has 0 spiro atoms. The van der Waals surface area contributed by atoms with Gasteiger partial charge in [-0.3, -0.25) is 0 Å². The molecule has 2 aromatic rings. The maximum atomic E-state index is 13.7. The third kappa shape index (κ3) is 3.33. The summed E-state index contributed by atoms with van der Waals surface area (Å²) in [4.78, 5) is 0. The van der Waals surface area contributed by atoms with Crippen LogP contribution < -0.4 is 10.1 Å². The maximum Gasteiger partial charge on any atom is 0.147 e. The number of anilines is 1. The average molecular weight is 403 g/mol. The van der Waals surface area contributed by atoms with Crippen LogP contribution in [0.15, 0.2) is 39.3 Å². The summed E-state index contributed by atoms with van der Waals surface area (Å²) in [5.41, 5.74) is 2.44. The quantitative estimate of drug-likeness (QED) is 0.751. The number of hydrogen-bond donors (Lipinski definition) is 1. The second kappa shape index (κ2) is 6.59. The van der Waals surface area contributed by atoms with Crippen LogP contribution in [0.3, 0.4) is 0 Å². The molecule has 0 bridgehead atoms. The fourth-order valence-corrected chi connectivity index (χ4v) is 3.56. The van der Waals surface area contributed by atoms with Gasteiger partial charge in [-0.1, -0.05) is 12.1 Å². The monoisotopic (exact) mass is 401 g/mol. The molecule has 20 heavy (non-hydrogen) atoms. The summed E-state index contributed by atoms with van der Waals surface area (Å²) in [7, 11) is 1.62. The maximum absolute atomic E-state index is 13.7. The van der Waals surface area contributed by atoms with Crippen LogP contribution in [0.1, 0.15) is 11.1 Å². The fourth-order valence-electron chi connectivity index (χ4n) is 1.96. The van der Waals surface area contributed by atoms with Gasteiger partial charge in [-0.2, -0.15) is 0 Å². The molecular weight excluding hydrogens is 389 g/mol. The van der Waals surface area contributed by atoms with Gasteiger partial charge in [0.25, 0.3) is 0 Å². The topological polar surface area (TPSA) is 21.3 Å². The van der Waals surface area contributed by atoms with E-state index in [0.717, 1.165) is 25.8 Å². The minimum Gasteiger partial charge on any atom is -0.494 e. The van der Waals surface area contributed by atoms with Gasteiger partial charge in [0.2, 0.25) is 0 Å². The molecule has 0 fully saturated rings. The van der Waals surface area contributed by atoms with E-state index in [1.165, 1.54) is 6.07 Å². The molecule has 0 unspecified atom stereocenters. The van der Waals surface area contributed by atoms with Gasteiger partial charge < -0.3 is 10.1 Å². The van der Waals surface area contributed by atoms with Crippen molar-refractivity contribution in [2.45, 2.75) is 13.5 Å². The normalized spacial score (nSPS) is 10.4. The van der Waals surface area contributed by atoms with Gasteiger partial charge in [-0.25, -0.2) is 4.39 Å².